The summed E-state index contributed by atoms with van der Waals surface area (Å²) in [6.45, 7) is 0. The van der Waals surface area contributed by atoms with Crippen LogP contribution in [0.15, 0.2) is 292 Å². The molecule has 0 spiro atoms. The zero-order chi connectivity index (χ0) is 52.0. The largest absolute Gasteiger partial charge is 0.256 e. The number of hydrogen-bond donors (Lipinski definition) is 0. The first-order chi connectivity index (χ1) is 38.6. The lowest BCUT2D eigenvalue weighted by atomic mass is 9.86. The van der Waals surface area contributed by atoms with Crippen LogP contribution < -0.4 is 0 Å². The van der Waals surface area contributed by atoms with Crippen LogP contribution in [0.3, 0.4) is 0 Å². The molecule has 9 aromatic carbocycles. The van der Waals surface area contributed by atoms with Gasteiger partial charge in [-0.2, -0.15) is 0 Å². The maximum atomic E-state index is 4.96. The zero-order valence-electron chi connectivity index (χ0n) is 42.4. The number of aromatic nitrogens is 6. The van der Waals surface area contributed by atoms with Crippen molar-refractivity contribution in [2.45, 2.75) is 0 Å². The summed E-state index contributed by atoms with van der Waals surface area (Å²) in [5.41, 5.74) is 22.2. The topological polar surface area (TPSA) is 77.3 Å². The quantitative estimate of drug-likeness (QED) is 0.121. The fraction of sp³-hybridized carbons (Fsp3) is 0. The van der Waals surface area contributed by atoms with Gasteiger partial charge in [0, 0.05) is 52.0 Å². The van der Waals surface area contributed by atoms with Crippen LogP contribution in [-0.2, 0) is 0 Å². The highest BCUT2D eigenvalue weighted by molar-refractivity contribution is 5.94. The third-order valence-corrected chi connectivity index (χ3v) is 14.2. The van der Waals surface area contributed by atoms with Gasteiger partial charge in [-0.1, -0.05) is 218 Å². The second kappa shape index (κ2) is 21.4. The van der Waals surface area contributed by atoms with Gasteiger partial charge in [0.25, 0.3) is 0 Å². The van der Waals surface area contributed by atoms with Crippen molar-refractivity contribution in [1.29, 1.82) is 0 Å². The molecule has 78 heavy (non-hydrogen) atoms. The Labute approximate surface area is 453 Å². The standard InChI is InChI=1S/C72H48N6/c1-3-17-55(18-4-1)70-76-71(56-19-5-2-6-20-56)78-72(77-70)57-41-42-69(75-48-57)54-39-33-51(34-40-54)63-23-9-12-26-66(63)60-46-58(64-24-10-7-21-61(64)49-29-35-52(36-30-49)67-27-13-15-43-73-67)45-59(47-60)65-25-11-8-22-62(65)50-31-37-53(38-32-50)68-28-14-16-44-74-68/h1-48H. The molecular weight excluding hydrogens is 949 g/mol. The van der Waals surface area contributed by atoms with Crippen LogP contribution in [0, 0.1) is 0 Å². The van der Waals surface area contributed by atoms with Crippen LogP contribution in [0.4, 0.5) is 0 Å². The highest BCUT2D eigenvalue weighted by Gasteiger charge is 2.18. The van der Waals surface area contributed by atoms with E-state index < -0.39 is 0 Å². The SMILES string of the molecule is c1ccc(-c2nc(-c3ccccc3)nc(-c3ccc(-c4ccc(-c5ccccc5-c5cc(-c6ccccc6-c6ccc(-c7ccccn7)cc6)cc(-c6ccccc6-c6ccc(-c7ccccn7)cc6)c5)cc4)nc3)n2)cc1. The Hall–Kier alpha value is -10.6. The molecule has 0 aliphatic carbocycles. The van der Waals surface area contributed by atoms with Gasteiger partial charge in [-0.25, -0.2) is 15.0 Å². The van der Waals surface area contributed by atoms with Crippen molar-refractivity contribution in [3.8, 4) is 135 Å². The highest BCUT2D eigenvalue weighted by atomic mass is 15.0. The lowest BCUT2D eigenvalue weighted by Crippen LogP contribution is -2.00. The van der Waals surface area contributed by atoms with Gasteiger partial charge in [0.05, 0.1) is 17.1 Å². The lowest BCUT2D eigenvalue weighted by molar-refractivity contribution is 1.07. The van der Waals surface area contributed by atoms with Crippen molar-refractivity contribution >= 4 is 0 Å². The van der Waals surface area contributed by atoms with Crippen LogP contribution in [0.2, 0.25) is 0 Å². The Bertz CT molecular complexity index is 3990. The molecule has 0 N–H and O–H groups in total. The van der Waals surface area contributed by atoms with E-state index in [0.717, 1.165) is 117 Å². The van der Waals surface area contributed by atoms with E-state index in [2.05, 4.69) is 174 Å². The number of nitrogens with zero attached hydrogens (tertiary/aromatic N) is 6. The van der Waals surface area contributed by atoms with Crippen molar-refractivity contribution in [2.24, 2.45) is 0 Å². The third kappa shape index (κ3) is 9.81. The van der Waals surface area contributed by atoms with E-state index in [0.29, 0.717) is 17.5 Å². The molecule has 0 radical (unpaired) electrons. The Morgan fingerprint density at radius 2 is 0.462 bits per heavy atom. The monoisotopic (exact) mass is 996 g/mol. The lowest BCUT2D eigenvalue weighted by Gasteiger charge is -2.18. The van der Waals surface area contributed by atoms with E-state index in [1.165, 1.54) is 0 Å². The Morgan fingerprint density at radius 3 is 0.782 bits per heavy atom. The summed E-state index contributed by atoms with van der Waals surface area (Å²) in [5, 5.41) is 0. The van der Waals surface area contributed by atoms with Crippen molar-refractivity contribution in [1.82, 2.24) is 29.9 Å². The van der Waals surface area contributed by atoms with Gasteiger partial charge in [0.1, 0.15) is 0 Å². The van der Waals surface area contributed by atoms with Crippen molar-refractivity contribution in [3.05, 3.63) is 292 Å². The second-order valence-electron chi connectivity index (χ2n) is 19.1. The third-order valence-electron chi connectivity index (χ3n) is 14.2. The minimum atomic E-state index is 0.568. The van der Waals surface area contributed by atoms with Gasteiger partial charge >= 0.3 is 0 Å². The van der Waals surface area contributed by atoms with E-state index in [9.17, 15) is 0 Å². The molecule has 4 heterocycles. The summed E-state index contributed by atoms with van der Waals surface area (Å²) >= 11 is 0. The molecule has 0 unspecified atom stereocenters. The summed E-state index contributed by atoms with van der Waals surface area (Å²) in [5.74, 6) is 1.80. The van der Waals surface area contributed by atoms with Crippen molar-refractivity contribution in [2.75, 3.05) is 0 Å². The van der Waals surface area contributed by atoms with E-state index >= 15 is 0 Å². The van der Waals surface area contributed by atoms with Crippen LogP contribution in [0.25, 0.3) is 135 Å². The summed E-state index contributed by atoms with van der Waals surface area (Å²) in [6.07, 6.45) is 5.53. The minimum absolute atomic E-state index is 0.568. The molecule has 4 aromatic heterocycles. The predicted molar refractivity (Wildman–Crippen MR) is 318 cm³/mol. The Morgan fingerprint density at radius 1 is 0.179 bits per heavy atom. The molecule has 13 rings (SSSR count). The van der Waals surface area contributed by atoms with Crippen LogP contribution in [0.5, 0.6) is 0 Å². The number of benzene rings is 9. The highest BCUT2D eigenvalue weighted by Crippen LogP contribution is 2.43. The second-order valence-corrected chi connectivity index (χ2v) is 19.1. The maximum Gasteiger partial charge on any atom is 0.165 e. The molecule has 0 amide bonds. The number of hydrogen-bond acceptors (Lipinski definition) is 6. The smallest absolute Gasteiger partial charge is 0.165 e. The molecule has 6 heteroatoms. The summed E-state index contributed by atoms with van der Waals surface area (Å²) in [6, 6.07) is 95.6. The van der Waals surface area contributed by atoms with Gasteiger partial charge in [0.15, 0.2) is 17.5 Å². The molecule has 0 saturated carbocycles. The molecule has 0 aliphatic heterocycles. The Kier molecular flexibility index (Phi) is 12.9. The number of pyridine rings is 3. The normalized spacial score (nSPS) is 11.1. The molecule has 13 aromatic rings. The molecule has 0 atom stereocenters. The van der Waals surface area contributed by atoms with Gasteiger partial charge < -0.3 is 0 Å². The number of rotatable bonds is 12. The first-order valence-electron chi connectivity index (χ1n) is 26.1. The maximum absolute atomic E-state index is 4.96. The van der Waals surface area contributed by atoms with E-state index in [4.69, 9.17) is 19.9 Å². The van der Waals surface area contributed by atoms with Crippen LogP contribution in [0.1, 0.15) is 0 Å². The van der Waals surface area contributed by atoms with Crippen LogP contribution in [-0.4, -0.2) is 29.9 Å². The molecular formula is C72H48N6. The van der Waals surface area contributed by atoms with E-state index in [1.54, 1.807) is 0 Å². The molecule has 366 valence electrons. The molecule has 0 aliphatic rings. The zero-order valence-corrected chi connectivity index (χ0v) is 42.4. The summed E-state index contributed by atoms with van der Waals surface area (Å²) in [7, 11) is 0. The fourth-order valence-electron chi connectivity index (χ4n) is 10.2. The van der Waals surface area contributed by atoms with Gasteiger partial charge in [-0.05, 0) is 121 Å². The summed E-state index contributed by atoms with van der Waals surface area (Å²) in [4.78, 5) is 28.9. The van der Waals surface area contributed by atoms with E-state index in [1.807, 2.05) is 128 Å². The van der Waals surface area contributed by atoms with Crippen molar-refractivity contribution in [3.63, 3.8) is 0 Å². The fourth-order valence-corrected chi connectivity index (χ4v) is 10.2. The molecule has 0 bridgehead atoms. The van der Waals surface area contributed by atoms with Crippen molar-refractivity contribution < 1.29 is 0 Å². The predicted octanol–water partition coefficient (Wildman–Crippen LogP) is 18.1. The first-order valence-corrected chi connectivity index (χ1v) is 26.1. The first kappa shape index (κ1) is 47.2. The summed E-state index contributed by atoms with van der Waals surface area (Å²) < 4.78 is 0. The van der Waals surface area contributed by atoms with Gasteiger partial charge in [0.2, 0.25) is 0 Å². The Balaban J connectivity index is 0.871. The average molecular weight is 997 g/mol. The van der Waals surface area contributed by atoms with Gasteiger partial charge in [-0.15, -0.1) is 0 Å². The van der Waals surface area contributed by atoms with E-state index in [-0.39, 0.29) is 0 Å². The van der Waals surface area contributed by atoms with Gasteiger partial charge in [-0.3, -0.25) is 15.0 Å². The minimum Gasteiger partial charge on any atom is -0.256 e. The molecule has 0 saturated heterocycles. The molecule has 0 fully saturated rings. The van der Waals surface area contributed by atoms with Crippen LogP contribution >= 0.6 is 0 Å². The average Bonchev–Trinajstić information content (AvgIpc) is 3.56. The molecule has 6 nitrogen and oxygen atoms in total.